The van der Waals surface area contributed by atoms with Gasteiger partial charge in [-0.1, -0.05) is 24.3 Å². The molecule has 0 heterocycles. The van der Waals surface area contributed by atoms with Gasteiger partial charge in [0.1, 0.15) is 11.5 Å². The number of carbonyl (C=O) groups excluding carboxylic acids is 1. The monoisotopic (exact) mass is 347 g/mol. The van der Waals surface area contributed by atoms with Crippen LogP contribution in [0.15, 0.2) is 48.5 Å². The van der Waals surface area contributed by atoms with Gasteiger partial charge < -0.3 is 15.7 Å². The van der Waals surface area contributed by atoms with Crippen molar-refractivity contribution in [1.82, 2.24) is 5.32 Å². The first-order valence-corrected chi connectivity index (χ1v) is 7.65. The molecule has 0 saturated heterocycles. The molecule has 0 fully saturated rings. The topological polar surface area (TPSA) is 104 Å². The van der Waals surface area contributed by atoms with Crippen LogP contribution in [0.4, 0.5) is 15.8 Å². The molecule has 0 aliphatic carbocycles. The Morgan fingerprint density at radius 1 is 1.20 bits per heavy atom. The van der Waals surface area contributed by atoms with Crippen LogP contribution in [0.3, 0.4) is 0 Å². The van der Waals surface area contributed by atoms with Crippen molar-refractivity contribution in [2.45, 2.75) is 12.5 Å². The van der Waals surface area contributed by atoms with Crippen molar-refractivity contribution in [3.05, 3.63) is 70.0 Å². The van der Waals surface area contributed by atoms with Crippen LogP contribution in [0, 0.1) is 15.9 Å². The lowest BCUT2D eigenvalue weighted by molar-refractivity contribution is -0.384. The standard InChI is InChI=1S/C17H18FN3O4/c18-13-7-5-12(6-8-13)16(22)11-20-17(23)9-10-19-14-3-1-2-4-15(14)21(24)25/h1-8,16,19,22H,9-11H2,(H,20,23). The molecule has 0 aliphatic rings. The normalized spacial score (nSPS) is 11.6. The minimum absolute atomic E-state index is 0.00402. The van der Waals surface area contributed by atoms with E-state index in [1.165, 1.54) is 30.3 Å². The van der Waals surface area contributed by atoms with Gasteiger partial charge in [0.05, 0.1) is 11.0 Å². The molecule has 1 unspecified atom stereocenters. The molecular formula is C17H18FN3O4. The molecule has 0 aliphatic heterocycles. The van der Waals surface area contributed by atoms with Gasteiger partial charge in [0, 0.05) is 25.6 Å². The molecule has 2 aromatic rings. The average Bonchev–Trinajstić information content (AvgIpc) is 2.60. The molecule has 2 rings (SSSR count). The average molecular weight is 347 g/mol. The van der Waals surface area contributed by atoms with Crippen molar-refractivity contribution in [2.24, 2.45) is 0 Å². The fourth-order valence-electron chi connectivity index (χ4n) is 2.19. The number of aliphatic hydroxyl groups is 1. The van der Waals surface area contributed by atoms with Gasteiger partial charge in [-0.3, -0.25) is 14.9 Å². The van der Waals surface area contributed by atoms with Gasteiger partial charge in [-0.2, -0.15) is 0 Å². The second-order valence-corrected chi connectivity index (χ2v) is 5.32. The summed E-state index contributed by atoms with van der Waals surface area (Å²) in [7, 11) is 0. The SMILES string of the molecule is O=C(CCNc1ccccc1[N+](=O)[O-])NCC(O)c1ccc(F)cc1. The number of nitrogens with one attached hydrogen (secondary N) is 2. The highest BCUT2D eigenvalue weighted by atomic mass is 19.1. The summed E-state index contributed by atoms with van der Waals surface area (Å²) in [6, 6.07) is 11.5. The second kappa shape index (κ2) is 8.74. The maximum absolute atomic E-state index is 12.8. The van der Waals surface area contributed by atoms with Crippen LogP contribution in [0.1, 0.15) is 18.1 Å². The number of halogens is 1. The van der Waals surface area contributed by atoms with Crippen LogP contribution in [0.25, 0.3) is 0 Å². The maximum Gasteiger partial charge on any atom is 0.292 e. The van der Waals surface area contributed by atoms with Crippen LogP contribution >= 0.6 is 0 Å². The first kappa shape index (κ1) is 18.3. The van der Waals surface area contributed by atoms with Gasteiger partial charge in [0.15, 0.2) is 0 Å². The number of rotatable bonds is 8. The minimum Gasteiger partial charge on any atom is -0.387 e. The molecule has 0 saturated carbocycles. The number of nitrogens with zero attached hydrogens (tertiary/aromatic N) is 1. The molecule has 3 N–H and O–H groups in total. The fraction of sp³-hybridized carbons (Fsp3) is 0.235. The highest BCUT2D eigenvalue weighted by Crippen LogP contribution is 2.22. The van der Waals surface area contributed by atoms with Gasteiger partial charge in [-0.25, -0.2) is 4.39 Å². The number of anilines is 1. The number of nitro groups is 1. The lowest BCUT2D eigenvalue weighted by Crippen LogP contribution is -2.29. The number of nitro benzene ring substituents is 1. The molecule has 7 nitrogen and oxygen atoms in total. The Balaban J connectivity index is 1.76. The van der Waals surface area contributed by atoms with Crippen LogP contribution in [0.2, 0.25) is 0 Å². The molecule has 132 valence electrons. The molecule has 1 amide bonds. The molecule has 0 aromatic heterocycles. The zero-order chi connectivity index (χ0) is 18.2. The van der Waals surface area contributed by atoms with Crippen molar-refractivity contribution < 1.29 is 19.2 Å². The number of para-hydroxylation sites is 2. The maximum atomic E-state index is 12.8. The molecule has 1 atom stereocenters. The first-order chi connectivity index (χ1) is 12.0. The van der Waals surface area contributed by atoms with Gasteiger partial charge in [0.25, 0.3) is 5.69 Å². The van der Waals surface area contributed by atoms with Crippen LogP contribution < -0.4 is 10.6 Å². The van der Waals surface area contributed by atoms with Crippen LogP contribution in [-0.4, -0.2) is 29.0 Å². The van der Waals surface area contributed by atoms with Crippen molar-refractivity contribution in [3.8, 4) is 0 Å². The van der Waals surface area contributed by atoms with Crippen molar-refractivity contribution in [3.63, 3.8) is 0 Å². The number of carbonyl (C=O) groups is 1. The quantitative estimate of drug-likeness (QED) is 0.502. The summed E-state index contributed by atoms with van der Waals surface area (Å²) in [6.45, 7) is 0.208. The lowest BCUT2D eigenvalue weighted by Gasteiger charge is -2.12. The minimum atomic E-state index is -0.937. The van der Waals surface area contributed by atoms with Gasteiger partial charge >= 0.3 is 0 Å². The van der Waals surface area contributed by atoms with Crippen molar-refractivity contribution >= 4 is 17.3 Å². The number of hydrogen-bond acceptors (Lipinski definition) is 5. The van der Waals surface area contributed by atoms with E-state index in [1.54, 1.807) is 18.2 Å². The molecular weight excluding hydrogens is 329 g/mol. The van der Waals surface area contributed by atoms with Crippen molar-refractivity contribution in [2.75, 3.05) is 18.4 Å². The fourth-order valence-corrected chi connectivity index (χ4v) is 2.19. The van der Waals surface area contributed by atoms with Crippen LogP contribution in [-0.2, 0) is 4.79 Å². The van der Waals surface area contributed by atoms with E-state index in [2.05, 4.69) is 10.6 Å². The zero-order valence-corrected chi connectivity index (χ0v) is 13.3. The molecule has 2 aromatic carbocycles. The van der Waals surface area contributed by atoms with E-state index in [9.17, 15) is 24.4 Å². The molecule has 0 radical (unpaired) electrons. The Morgan fingerprint density at radius 3 is 2.56 bits per heavy atom. The molecule has 8 heteroatoms. The summed E-state index contributed by atoms with van der Waals surface area (Å²) < 4.78 is 12.8. The summed E-state index contributed by atoms with van der Waals surface area (Å²) in [5.41, 5.74) is 0.779. The second-order valence-electron chi connectivity index (χ2n) is 5.32. The molecule has 0 bridgehead atoms. The third kappa shape index (κ3) is 5.54. The van der Waals surface area contributed by atoms with Crippen LogP contribution in [0.5, 0.6) is 0 Å². The van der Waals surface area contributed by atoms with E-state index >= 15 is 0 Å². The third-order valence-corrected chi connectivity index (χ3v) is 3.52. The van der Waals surface area contributed by atoms with E-state index in [1.807, 2.05) is 0 Å². The summed E-state index contributed by atoms with van der Waals surface area (Å²) in [5, 5.41) is 26.2. The Labute approximate surface area is 143 Å². The first-order valence-electron chi connectivity index (χ1n) is 7.65. The Morgan fingerprint density at radius 2 is 1.88 bits per heavy atom. The predicted molar refractivity (Wildman–Crippen MR) is 90.6 cm³/mol. The number of aliphatic hydroxyl groups excluding tert-OH is 1. The largest absolute Gasteiger partial charge is 0.387 e. The smallest absolute Gasteiger partial charge is 0.292 e. The number of hydrogen-bond donors (Lipinski definition) is 3. The van der Waals surface area contributed by atoms with E-state index in [0.717, 1.165) is 0 Å². The summed E-state index contributed by atoms with van der Waals surface area (Å²) in [6.07, 6.45) is -0.852. The Kier molecular flexibility index (Phi) is 6.41. The van der Waals surface area contributed by atoms with Gasteiger partial charge in [-0.15, -0.1) is 0 Å². The summed E-state index contributed by atoms with van der Waals surface area (Å²) >= 11 is 0. The van der Waals surface area contributed by atoms with E-state index in [4.69, 9.17) is 0 Å². The summed E-state index contributed by atoms with van der Waals surface area (Å²) in [4.78, 5) is 22.2. The number of amides is 1. The van der Waals surface area contributed by atoms with E-state index in [0.29, 0.717) is 11.3 Å². The zero-order valence-electron chi connectivity index (χ0n) is 13.3. The highest BCUT2D eigenvalue weighted by molar-refractivity contribution is 5.76. The molecule has 0 spiro atoms. The van der Waals surface area contributed by atoms with Crippen molar-refractivity contribution in [1.29, 1.82) is 0 Å². The number of benzene rings is 2. The highest BCUT2D eigenvalue weighted by Gasteiger charge is 2.13. The molecule has 25 heavy (non-hydrogen) atoms. The lowest BCUT2D eigenvalue weighted by atomic mass is 10.1. The van der Waals surface area contributed by atoms with Gasteiger partial charge in [0.2, 0.25) is 5.91 Å². The Hall–Kier alpha value is -3.00. The van der Waals surface area contributed by atoms with E-state index in [-0.39, 0.29) is 31.1 Å². The predicted octanol–water partition coefficient (Wildman–Crippen LogP) is 2.39. The third-order valence-electron chi connectivity index (χ3n) is 3.52. The Bertz CT molecular complexity index is 737. The summed E-state index contributed by atoms with van der Waals surface area (Å²) in [5.74, 6) is -0.715. The van der Waals surface area contributed by atoms with E-state index < -0.39 is 16.8 Å². The van der Waals surface area contributed by atoms with Gasteiger partial charge in [-0.05, 0) is 23.8 Å².